The number of nitrogens with zero attached hydrogens (tertiary/aromatic N) is 4. The molecule has 4 nitrogen and oxygen atoms in total. The van der Waals surface area contributed by atoms with Crippen LogP contribution in [-0.4, -0.2) is 0 Å². The Labute approximate surface area is 396 Å². The Kier molecular flexibility index (Phi) is 9.50. The third-order valence-corrected chi connectivity index (χ3v) is 14.0. The SMILES string of the molecule is C=CC1=C(/C=C\C)c2c(ccc3ccccc23)C12c1c(ccc3cc(N(c4ccccc4)c4ccccc4C#N)ccc13)-c1ccc3cc(N(c4ccccc4)c4ccccc4C#N)ccc3c12. The minimum atomic E-state index is -0.748. The lowest BCUT2D eigenvalue weighted by molar-refractivity contribution is 0.803. The molecule has 1 spiro atoms. The van der Waals surface area contributed by atoms with Crippen molar-refractivity contribution in [1.82, 2.24) is 0 Å². The average Bonchev–Trinajstić information content (AvgIpc) is 3.86. The van der Waals surface area contributed by atoms with Gasteiger partial charge in [0.15, 0.2) is 0 Å². The van der Waals surface area contributed by atoms with Crippen molar-refractivity contribution in [3.63, 3.8) is 0 Å². The summed E-state index contributed by atoms with van der Waals surface area (Å²) in [5.41, 5.74) is 15.6. The number of hydrogen-bond donors (Lipinski definition) is 0. The zero-order chi connectivity index (χ0) is 45.9. The second-order valence-electron chi connectivity index (χ2n) is 17.4. The summed E-state index contributed by atoms with van der Waals surface area (Å²) in [5.74, 6) is 0. The van der Waals surface area contributed by atoms with Crippen LogP contribution in [0.4, 0.5) is 34.1 Å². The van der Waals surface area contributed by atoms with Gasteiger partial charge >= 0.3 is 0 Å². The summed E-state index contributed by atoms with van der Waals surface area (Å²) in [6.45, 7) is 6.74. The summed E-state index contributed by atoms with van der Waals surface area (Å²) >= 11 is 0. The first-order valence-electron chi connectivity index (χ1n) is 22.9. The number of para-hydroxylation sites is 4. The Hall–Kier alpha value is -9.22. The van der Waals surface area contributed by atoms with Crippen LogP contribution >= 0.6 is 0 Å². The van der Waals surface area contributed by atoms with E-state index in [2.05, 4.69) is 175 Å². The molecule has 0 aliphatic heterocycles. The molecule has 0 heterocycles. The van der Waals surface area contributed by atoms with Crippen LogP contribution < -0.4 is 9.80 Å². The molecular formula is C64H42N4. The molecule has 0 N–H and O–H groups in total. The quantitative estimate of drug-likeness (QED) is 0.153. The monoisotopic (exact) mass is 866 g/mol. The summed E-state index contributed by atoms with van der Waals surface area (Å²) in [4.78, 5) is 4.37. The van der Waals surface area contributed by atoms with Gasteiger partial charge < -0.3 is 9.80 Å². The Morgan fingerprint density at radius 2 is 0.956 bits per heavy atom. The molecule has 4 heteroatoms. The van der Waals surface area contributed by atoms with E-state index in [9.17, 15) is 10.5 Å². The molecule has 0 radical (unpaired) electrons. The maximum absolute atomic E-state index is 10.3. The second kappa shape index (κ2) is 16.0. The number of nitriles is 2. The largest absolute Gasteiger partial charge is 0.309 e. The fourth-order valence-electron chi connectivity index (χ4n) is 11.3. The summed E-state index contributed by atoms with van der Waals surface area (Å²) < 4.78 is 0. The van der Waals surface area contributed by atoms with Crippen molar-refractivity contribution < 1.29 is 0 Å². The van der Waals surface area contributed by atoms with E-state index in [-0.39, 0.29) is 0 Å². The Morgan fingerprint density at radius 3 is 1.47 bits per heavy atom. The van der Waals surface area contributed by atoms with E-state index in [1.807, 2.05) is 84.9 Å². The van der Waals surface area contributed by atoms with Crippen LogP contribution in [0, 0.1) is 22.7 Å². The summed E-state index contributed by atoms with van der Waals surface area (Å²) in [6.07, 6.45) is 6.53. The van der Waals surface area contributed by atoms with Crippen LogP contribution in [-0.2, 0) is 5.41 Å². The molecule has 318 valence electrons. The van der Waals surface area contributed by atoms with Crippen molar-refractivity contribution in [3.8, 4) is 23.3 Å². The topological polar surface area (TPSA) is 54.1 Å². The van der Waals surface area contributed by atoms with Crippen molar-refractivity contribution in [3.05, 3.63) is 270 Å². The molecule has 2 aliphatic rings. The third kappa shape index (κ3) is 5.85. The fourth-order valence-corrected chi connectivity index (χ4v) is 11.3. The lowest BCUT2D eigenvalue weighted by Gasteiger charge is -2.34. The van der Waals surface area contributed by atoms with Gasteiger partial charge in [0.2, 0.25) is 0 Å². The van der Waals surface area contributed by atoms with Crippen molar-refractivity contribution in [1.29, 1.82) is 10.5 Å². The van der Waals surface area contributed by atoms with Gasteiger partial charge in [0.25, 0.3) is 0 Å². The van der Waals surface area contributed by atoms with Crippen LogP contribution in [0.3, 0.4) is 0 Å². The smallest absolute Gasteiger partial charge is 0.101 e. The summed E-state index contributed by atoms with van der Waals surface area (Å²) in [5, 5.41) is 27.5. The van der Waals surface area contributed by atoms with Crippen LogP contribution in [0.2, 0.25) is 0 Å². The molecule has 10 aromatic carbocycles. The number of hydrogen-bond acceptors (Lipinski definition) is 4. The number of anilines is 6. The van der Waals surface area contributed by atoms with E-state index in [0.29, 0.717) is 11.1 Å². The molecule has 0 amide bonds. The van der Waals surface area contributed by atoms with Crippen LogP contribution in [0.5, 0.6) is 0 Å². The maximum Gasteiger partial charge on any atom is 0.101 e. The van der Waals surface area contributed by atoms with E-state index in [1.54, 1.807) is 0 Å². The zero-order valence-corrected chi connectivity index (χ0v) is 37.4. The summed E-state index contributed by atoms with van der Waals surface area (Å²) in [6, 6.07) is 77.1. The molecule has 0 saturated carbocycles. The molecule has 12 rings (SSSR count). The highest BCUT2D eigenvalue weighted by atomic mass is 15.1. The van der Waals surface area contributed by atoms with Gasteiger partial charge in [-0.1, -0.05) is 158 Å². The molecule has 0 fully saturated rings. The number of benzene rings is 10. The molecular weight excluding hydrogens is 825 g/mol. The van der Waals surface area contributed by atoms with Gasteiger partial charge in [-0.3, -0.25) is 0 Å². The third-order valence-electron chi connectivity index (χ3n) is 14.0. The van der Waals surface area contributed by atoms with Gasteiger partial charge in [0.05, 0.1) is 27.9 Å². The van der Waals surface area contributed by atoms with Crippen molar-refractivity contribution in [2.75, 3.05) is 9.80 Å². The first-order valence-corrected chi connectivity index (χ1v) is 22.9. The number of rotatable bonds is 8. The number of fused-ring (bicyclic) bond motifs is 13. The van der Waals surface area contributed by atoms with Gasteiger partial charge in [-0.15, -0.1) is 0 Å². The fraction of sp³-hybridized carbons (Fsp3) is 0.0312. The van der Waals surface area contributed by atoms with E-state index in [4.69, 9.17) is 0 Å². The predicted molar refractivity (Wildman–Crippen MR) is 281 cm³/mol. The molecule has 2 aliphatic carbocycles. The van der Waals surface area contributed by atoms with Crippen LogP contribution in [0.25, 0.3) is 49.0 Å². The first kappa shape index (κ1) is 40.3. The minimum Gasteiger partial charge on any atom is -0.309 e. The standard InChI is InChI=1S/C64H42N4/c1-3-17-56-57(4-2)64(58-37-30-42-18-11-14-25-51(42)61(56)58)62-52-35-31-49(67(47-21-7-5-8-22-47)59-26-15-12-19-45(59)40-65)38-43(52)28-33-54(62)55-34-29-44-39-50(32-36-53(44)63(55)64)68(48-23-9-6-10-24-48)60-27-16-13-20-46(60)41-66/h3-39H,2H2,1H3/b17-3-. The molecule has 68 heavy (non-hydrogen) atoms. The van der Waals surface area contributed by atoms with Crippen molar-refractivity contribution in [2.45, 2.75) is 12.3 Å². The van der Waals surface area contributed by atoms with Crippen LogP contribution in [0.1, 0.15) is 40.3 Å². The van der Waals surface area contributed by atoms with Gasteiger partial charge in [0.1, 0.15) is 12.1 Å². The zero-order valence-electron chi connectivity index (χ0n) is 37.4. The van der Waals surface area contributed by atoms with E-state index in [1.165, 1.54) is 49.7 Å². The molecule has 10 aromatic rings. The molecule has 0 bridgehead atoms. The Bertz CT molecular complexity index is 3670. The first-order chi connectivity index (χ1) is 33.6. The Morgan fingerprint density at radius 1 is 0.471 bits per heavy atom. The van der Waals surface area contributed by atoms with Crippen molar-refractivity contribution in [2.24, 2.45) is 0 Å². The number of allylic oxidation sites excluding steroid dienone is 5. The highest BCUT2D eigenvalue weighted by Crippen LogP contribution is 2.66. The molecule has 0 saturated heterocycles. The van der Waals surface area contributed by atoms with Crippen LogP contribution in [0.15, 0.2) is 237 Å². The minimum absolute atomic E-state index is 0.600. The lowest BCUT2D eigenvalue weighted by atomic mass is 9.67. The average molecular weight is 867 g/mol. The molecule has 0 aromatic heterocycles. The van der Waals surface area contributed by atoms with E-state index >= 15 is 0 Å². The summed E-state index contributed by atoms with van der Waals surface area (Å²) in [7, 11) is 0. The Balaban J connectivity index is 1.16. The van der Waals surface area contributed by atoms with Gasteiger partial charge in [-0.2, -0.15) is 10.5 Å². The van der Waals surface area contributed by atoms with E-state index < -0.39 is 5.41 Å². The normalized spacial score (nSPS) is 13.1. The van der Waals surface area contributed by atoms with Gasteiger partial charge in [-0.05, 0) is 157 Å². The lowest BCUT2D eigenvalue weighted by Crippen LogP contribution is -2.27. The van der Waals surface area contributed by atoms with Crippen molar-refractivity contribution >= 4 is 72.0 Å². The van der Waals surface area contributed by atoms with Gasteiger partial charge in [-0.25, -0.2) is 0 Å². The van der Waals surface area contributed by atoms with Gasteiger partial charge in [0, 0.05) is 22.7 Å². The molecule has 0 unspecified atom stereocenters. The highest BCUT2D eigenvalue weighted by molar-refractivity contribution is 6.13. The maximum atomic E-state index is 10.3. The molecule has 0 atom stereocenters. The van der Waals surface area contributed by atoms with E-state index in [0.717, 1.165) is 61.2 Å². The second-order valence-corrected chi connectivity index (χ2v) is 17.4. The predicted octanol–water partition coefficient (Wildman–Crippen LogP) is 16.7. The highest BCUT2D eigenvalue weighted by Gasteiger charge is 2.54.